The predicted molar refractivity (Wildman–Crippen MR) is 122 cm³/mol. The molecule has 6 nitrogen and oxygen atoms in total. The number of fused-ring (bicyclic) bond motifs is 1. The van der Waals surface area contributed by atoms with Crippen LogP contribution in [0.15, 0.2) is 23.2 Å². The van der Waals surface area contributed by atoms with Crippen molar-refractivity contribution in [3.63, 3.8) is 0 Å². The van der Waals surface area contributed by atoms with Gasteiger partial charge in [-0.05, 0) is 55.9 Å². The Morgan fingerprint density at radius 1 is 1.37 bits per heavy atom. The molecule has 0 saturated carbocycles. The fourth-order valence-electron chi connectivity index (χ4n) is 3.75. The van der Waals surface area contributed by atoms with Crippen LogP contribution in [0.25, 0.3) is 11.1 Å². The number of nitrogens with zero attached hydrogens (tertiary/aromatic N) is 3. The zero-order valence-corrected chi connectivity index (χ0v) is 18.5. The van der Waals surface area contributed by atoms with Gasteiger partial charge in [0.15, 0.2) is 0 Å². The summed E-state index contributed by atoms with van der Waals surface area (Å²) in [6.45, 7) is 0.297. The molecule has 0 aromatic carbocycles. The number of carbonyl (C=O) groups is 2. The molecule has 1 aliphatic heterocycles. The van der Waals surface area contributed by atoms with Crippen LogP contribution in [-0.4, -0.2) is 37.3 Å². The van der Waals surface area contributed by atoms with Crippen LogP contribution < -0.4 is 0 Å². The third kappa shape index (κ3) is 3.95. The molecule has 1 saturated heterocycles. The molecule has 0 unspecified atom stereocenters. The number of aliphatic carboxylic acids is 1. The number of rotatable bonds is 6. The van der Waals surface area contributed by atoms with E-state index >= 15 is 0 Å². The van der Waals surface area contributed by atoms with Gasteiger partial charge >= 0.3 is 5.97 Å². The summed E-state index contributed by atoms with van der Waals surface area (Å²) in [6.07, 6.45) is 8.30. The zero-order chi connectivity index (χ0) is 21.3. The highest BCUT2D eigenvalue weighted by Crippen LogP contribution is 2.38. The number of thiophene rings is 1. The van der Waals surface area contributed by atoms with Crippen LogP contribution in [0.4, 0.5) is 0 Å². The van der Waals surface area contributed by atoms with E-state index in [1.165, 1.54) is 27.1 Å². The normalized spacial score (nSPS) is 17.4. The van der Waals surface area contributed by atoms with Gasteiger partial charge in [0.1, 0.15) is 15.4 Å². The van der Waals surface area contributed by atoms with Crippen molar-refractivity contribution in [3.8, 4) is 11.1 Å². The molecule has 0 atom stereocenters. The van der Waals surface area contributed by atoms with Crippen molar-refractivity contribution in [2.45, 2.75) is 38.5 Å². The van der Waals surface area contributed by atoms with E-state index in [0.29, 0.717) is 22.2 Å². The van der Waals surface area contributed by atoms with Gasteiger partial charge < -0.3 is 9.67 Å². The van der Waals surface area contributed by atoms with Crippen LogP contribution in [-0.2, 0) is 22.4 Å². The van der Waals surface area contributed by atoms with Gasteiger partial charge in [0, 0.05) is 29.7 Å². The standard InChI is InChI=1S/C21H19N3O3S3/c22-12-15-14-6-1-2-7-16(14)29-20(15)23-9-3-5-13(23)11-17-19(27)24(21(28)30-17)10-4-8-18(25)26/h3,5,9,11H,1-2,4,6-8,10H2,(H,25,26). The molecule has 4 rings (SSSR count). The number of nitriles is 1. The molecule has 9 heteroatoms. The molecule has 3 heterocycles. The molecule has 1 N–H and O–H groups in total. The fourth-order valence-corrected chi connectivity index (χ4v) is 6.38. The lowest BCUT2D eigenvalue weighted by atomic mass is 9.96. The van der Waals surface area contributed by atoms with Crippen molar-refractivity contribution < 1.29 is 14.7 Å². The van der Waals surface area contributed by atoms with Gasteiger partial charge in [-0.3, -0.25) is 14.5 Å². The summed E-state index contributed by atoms with van der Waals surface area (Å²) < 4.78 is 2.41. The number of thioether (sulfide) groups is 1. The molecule has 30 heavy (non-hydrogen) atoms. The largest absolute Gasteiger partial charge is 0.481 e. The second-order valence-electron chi connectivity index (χ2n) is 7.14. The number of carboxylic acids is 1. The molecule has 154 valence electrons. The minimum atomic E-state index is -0.888. The Bertz CT molecular complexity index is 1110. The molecule has 1 aliphatic carbocycles. The van der Waals surface area contributed by atoms with E-state index in [1.54, 1.807) is 17.4 Å². The van der Waals surface area contributed by atoms with Gasteiger partial charge in [-0.25, -0.2) is 0 Å². The topological polar surface area (TPSA) is 86.3 Å². The van der Waals surface area contributed by atoms with Crippen LogP contribution in [0.5, 0.6) is 0 Å². The SMILES string of the molecule is N#Cc1c(-n2cccc2C=C2SC(=S)N(CCCC(=O)O)C2=O)sc2c1CCCC2. The number of aromatic nitrogens is 1. The van der Waals surface area contributed by atoms with Gasteiger partial charge in [-0.2, -0.15) is 5.26 Å². The third-order valence-electron chi connectivity index (χ3n) is 5.19. The van der Waals surface area contributed by atoms with Crippen molar-refractivity contribution in [2.24, 2.45) is 0 Å². The highest BCUT2D eigenvalue weighted by atomic mass is 32.2. The second kappa shape index (κ2) is 8.76. The Balaban J connectivity index is 1.62. The molecular weight excluding hydrogens is 438 g/mol. The van der Waals surface area contributed by atoms with Crippen molar-refractivity contribution >= 4 is 57.6 Å². The minimum Gasteiger partial charge on any atom is -0.481 e. The molecule has 0 radical (unpaired) electrons. The molecule has 2 aromatic heterocycles. The summed E-state index contributed by atoms with van der Waals surface area (Å²) in [7, 11) is 0. The van der Waals surface area contributed by atoms with E-state index in [2.05, 4.69) is 6.07 Å². The Morgan fingerprint density at radius 3 is 2.93 bits per heavy atom. The molecule has 1 amide bonds. The van der Waals surface area contributed by atoms with Crippen LogP contribution in [0.2, 0.25) is 0 Å². The van der Waals surface area contributed by atoms with E-state index in [4.69, 9.17) is 17.3 Å². The Labute approximate surface area is 187 Å². The summed E-state index contributed by atoms with van der Waals surface area (Å²) in [4.78, 5) is 26.8. The Morgan fingerprint density at radius 2 is 2.17 bits per heavy atom. The summed E-state index contributed by atoms with van der Waals surface area (Å²) in [5, 5.41) is 19.5. The summed E-state index contributed by atoms with van der Waals surface area (Å²) in [6, 6.07) is 6.20. The highest BCUT2D eigenvalue weighted by molar-refractivity contribution is 8.26. The van der Waals surface area contributed by atoms with Gasteiger partial charge in [0.2, 0.25) is 0 Å². The number of amides is 1. The first-order chi connectivity index (χ1) is 14.5. The van der Waals surface area contributed by atoms with E-state index in [1.807, 2.05) is 22.9 Å². The molecule has 0 bridgehead atoms. The molecule has 1 fully saturated rings. The maximum Gasteiger partial charge on any atom is 0.303 e. The van der Waals surface area contributed by atoms with Gasteiger partial charge in [0.25, 0.3) is 5.91 Å². The van der Waals surface area contributed by atoms with E-state index < -0.39 is 5.97 Å². The van der Waals surface area contributed by atoms with Gasteiger partial charge in [-0.1, -0.05) is 24.0 Å². The number of hydrogen-bond acceptors (Lipinski definition) is 6. The number of thiocarbonyl (C=S) groups is 1. The van der Waals surface area contributed by atoms with Crippen molar-refractivity contribution in [1.82, 2.24) is 9.47 Å². The number of carboxylic acid groups (broad SMARTS) is 1. The molecule has 2 aromatic rings. The summed E-state index contributed by atoms with van der Waals surface area (Å²) in [5.41, 5.74) is 2.73. The van der Waals surface area contributed by atoms with Crippen LogP contribution in [0.1, 0.15) is 47.4 Å². The molecule has 2 aliphatic rings. The summed E-state index contributed by atoms with van der Waals surface area (Å²) in [5.74, 6) is -1.09. The summed E-state index contributed by atoms with van der Waals surface area (Å²) >= 11 is 8.21. The average molecular weight is 458 g/mol. The highest BCUT2D eigenvalue weighted by Gasteiger charge is 2.32. The monoisotopic (exact) mass is 457 g/mol. The average Bonchev–Trinajstić information content (AvgIpc) is 3.39. The lowest BCUT2D eigenvalue weighted by molar-refractivity contribution is -0.137. The lowest BCUT2D eigenvalue weighted by Crippen LogP contribution is -2.29. The number of aryl methyl sites for hydroxylation is 1. The fraction of sp³-hybridized carbons (Fsp3) is 0.333. The van der Waals surface area contributed by atoms with Crippen LogP contribution in [0, 0.1) is 11.3 Å². The van der Waals surface area contributed by atoms with E-state index in [-0.39, 0.29) is 12.3 Å². The first kappa shape index (κ1) is 20.8. The predicted octanol–water partition coefficient (Wildman–Crippen LogP) is 4.36. The van der Waals surface area contributed by atoms with E-state index in [0.717, 1.165) is 41.9 Å². The maximum absolute atomic E-state index is 12.8. The van der Waals surface area contributed by atoms with Gasteiger partial charge in [-0.15, -0.1) is 11.3 Å². The Kier molecular flexibility index (Phi) is 6.09. The van der Waals surface area contributed by atoms with Crippen LogP contribution in [0.3, 0.4) is 0 Å². The lowest BCUT2D eigenvalue weighted by Gasteiger charge is -2.13. The minimum absolute atomic E-state index is 0.00105. The quantitative estimate of drug-likeness (QED) is 0.512. The number of carbonyl (C=O) groups excluding carboxylic acids is 1. The first-order valence-corrected chi connectivity index (χ1v) is 11.7. The van der Waals surface area contributed by atoms with E-state index in [9.17, 15) is 14.9 Å². The van der Waals surface area contributed by atoms with Crippen molar-refractivity contribution in [3.05, 3.63) is 44.9 Å². The van der Waals surface area contributed by atoms with Crippen LogP contribution >= 0.6 is 35.3 Å². The molecular formula is C21H19N3O3S3. The third-order valence-corrected chi connectivity index (χ3v) is 7.86. The zero-order valence-electron chi connectivity index (χ0n) is 16.1. The van der Waals surface area contributed by atoms with Crippen molar-refractivity contribution in [1.29, 1.82) is 5.26 Å². The Hall–Kier alpha value is -2.41. The second-order valence-corrected chi connectivity index (χ2v) is 9.90. The maximum atomic E-state index is 12.8. The first-order valence-electron chi connectivity index (χ1n) is 9.69. The van der Waals surface area contributed by atoms with Crippen molar-refractivity contribution in [2.75, 3.05) is 6.54 Å². The number of hydrogen-bond donors (Lipinski definition) is 1. The smallest absolute Gasteiger partial charge is 0.303 e. The molecule has 0 spiro atoms. The van der Waals surface area contributed by atoms with Gasteiger partial charge in [0.05, 0.1) is 10.5 Å².